The van der Waals surface area contributed by atoms with Crippen LogP contribution >= 0.6 is 11.8 Å². The highest BCUT2D eigenvalue weighted by molar-refractivity contribution is 8.00. The van der Waals surface area contributed by atoms with Crippen LogP contribution in [0.2, 0.25) is 0 Å². The van der Waals surface area contributed by atoms with Gasteiger partial charge >= 0.3 is 6.09 Å². The molecular weight excluding hydrogens is 308 g/mol. The summed E-state index contributed by atoms with van der Waals surface area (Å²) in [4.78, 5) is 14.4. The van der Waals surface area contributed by atoms with Crippen molar-refractivity contribution in [3.8, 4) is 0 Å². The maximum Gasteiger partial charge on any atom is 0.410 e. The van der Waals surface area contributed by atoms with Crippen molar-refractivity contribution in [2.75, 3.05) is 25.9 Å². The minimum atomic E-state index is -0.417. The third-order valence-electron chi connectivity index (χ3n) is 5.03. The first-order chi connectivity index (χ1) is 10.9. The van der Waals surface area contributed by atoms with Gasteiger partial charge in [0.05, 0.1) is 0 Å². The van der Waals surface area contributed by atoms with Gasteiger partial charge in [0.25, 0.3) is 0 Å². The number of amides is 1. The number of nitrogens with one attached hydrogen (secondary N) is 1. The van der Waals surface area contributed by atoms with E-state index >= 15 is 0 Å². The van der Waals surface area contributed by atoms with Gasteiger partial charge in [-0.15, -0.1) is 0 Å². The highest BCUT2D eigenvalue weighted by atomic mass is 32.2. The first-order valence-electron chi connectivity index (χ1n) is 9.11. The molecule has 1 saturated heterocycles. The summed E-state index contributed by atoms with van der Waals surface area (Å²) in [6.45, 7) is 8.59. The van der Waals surface area contributed by atoms with Gasteiger partial charge in [0.15, 0.2) is 0 Å². The molecule has 0 spiro atoms. The second-order valence-electron chi connectivity index (χ2n) is 8.05. The SMILES string of the molecule is CSC1(CNCC2CCCCN2C(=O)OC(C)(C)C)CCCC1. The number of thioether (sulfide) groups is 1. The maximum atomic E-state index is 12.4. The summed E-state index contributed by atoms with van der Waals surface area (Å²) >= 11 is 2.01. The van der Waals surface area contributed by atoms with Crippen molar-refractivity contribution in [1.82, 2.24) is 10.2 Å². The Morgan fingerprint density at radius 3 is 2.57 bits per heavy atom. The van der Waals surface area contributed by atoms with Gasteiger partial charge in [0.2, 0.25) is 0 Å². The molecule has 1 aliphatic carbocycles. The zero-order valence-electron chi connectivity index (χ0n) is 15.3. The van der Waals surface area contributed by atoms with Crippen LogP contribution in [0.1, 0.15) is 65.7 Å². The summed E-state index contributed by atoms with van der Waals surface area (Å²) in [5, 5.41) is 3.67. The highest BCUT2D eigenvalue weighted by Crippen LogP contribution is 2.39. The average Bonchev–Trinajstić information content (AvgIpc) is 2.95. The Morgan fingerprint density at radius 1 is 1.26 bits per heavy atom. The smallest absolute Gasteiger partial charge is 0.410 e. The molecule has 0 radical (unpaired) electrons. The van der Waals surface area contributed by atoms with Gasteiger partial charge in [-0.1, -0.05) is 12.8 Å². The van der Waals surface area contributed by atoms with Crippen LogP contribution in [0, 0.1) is 0 Å². The molecule has 1 saturated carbocycles. The summed E-state index contributed by atoms with van der Waals surface area (Å²) in [6.07, 6.45) is 10.8. The lowest BCUT2D eigenvalue weighted by Crippen LogP contribution is -2.51. The van der Waals surface area contributed by atoms with E-state index in [1.165, 1.54) is 32.1 Å². The molecule has 1 N–H and O–H groups in total. The van der Waals surface area contributed by atoms with Crippen LogP contribution in [-0.2, 0) is 4.74 Å². The van der Waals surface area contributed by atoms with E-state index in [4.69, 9.17) is 4.74 Å². The van der Waals surface area contributed by atoms with E-state index in [-0.39, 0.29) is 12.1 Å². The topological polar surface area (TPSA) is 41.6 Å². The molecular formula is C18H34N2O2S. The Balaban J connectivity index is 1.85. The second-order valence-corrected chi connectivity index (χ2v) is 9.32. The van der Waals surface area contributed by atoms with E-state index in [1.807, 2.05) is 37.4 Å². The minimum absolute atomic E-state index is 0.149. The molecule has 0 aromatic carbocycles. The lowest BCUT2D eigenvalue weighted by molar-refractivity contribution is 0.00993. The Hall–Kier alpha value is -0.420. The first kappa shape index (κ1) is 18.9. The third kappa shape index (κ3) is 5.56. The monoisotopic (exact) mass is 342 g/mol. The zero-order chi connectivity index (χ0) is 16.9. The summed E-state index contributed by atoms with van der Waals surface area (Å²) in [7, 11) is 0. The number of hydrogen-bond donors (Lipinski definition) is 1. The molecule has 1 aliphatic heterocycles. The second kappa shape index (κ2) is 8.11. The molecule has 2 rings (SSSR count). The van der Waals surface area contributed by atoms with E-state index in [2.05, 4.69) is 11.6 Å². The minimum Gasteiger partial charge on any atom is -0.444 e. The van der Waals surface area contributed by atoms with E-state index in [0.717, 1.165) is 32.5 Å². The summed E-state index contributed by atoms with van der Waals surface area (Å²) in [6, 6.07) is 0.277. The van der Waals surface area contributed by atoms with Crippen molar-refractivity contribution in [2.45, 2.75) is 82.1 Å². The third-order valence-corrected chi connectivity index (χ3v) is 6.45. The number of hydrogen-bond acceptors (Lipinski definition) is 4. The molecule has 134 valence electrons. The van der Waals surface area contributed by atoms with Crippen molar-refractivity contribution < 1.29 is 9.53 Å². The van der Waals surface area contributed by atoms with Crippen LogP contribution < -0.4 is 5.32 Å². The Morgan fingerprint density at radius 2 is 1.96 bits per heavy atom. The maximum absolute atomic E-state index is 12.4. The number of piperidine rings is 1. The molecule has 2 aliphatic rings. The van der Waals surface area contributed by atoms with Crippen LogP contribution in [0.5, 0.6) is 0 Å². The molecule has 23 heavy (non-hydrogen) atoms. The van der Waals surface area contributed by atoms with Crippen molar-refractivity contribution in [3.05, 3.63) is 0 Å². The van der Waals surface area contributed by atoms with Gasteiger partial charge in [-0.05, 0) is 59.1 Å². The quantitative estimate of drug-likeness (QED) is 0.819. The fourth-order valence-electron chi connectivity index (χ4n) is 3.71. The van der Waals surface area contributed by atoms with Crippen LogP contribution in [0.25, 0.3) is 0 Å². The fourth-order valence-corrected chi connectivity index (χ4v) is 4.66. The predicted molar refractivity (Wildman–Crippen MR) is 98.2 cm³/mol. The summed E-state index contributed by atoms with van der Waals surface area (Å²) < 4.78 is 6.01. The lowest BCUT2D eigenvalue weighted by atomic mass is 10.0. The Labute approximate surface area is 146 Å². The Bertz CT molecular complexity index is 389. The molecule has 4 nitrogen and oxygen atoms in total. The number of carbonyl (C=O) groups is 1. The standard InChI is InChI=1S/C18H34N2O2S/c1-17(2,3)22-16(21)20-12-8-5-9-15(20)13-19-14-18(23-4)10-6-7-11-18/h15,19H,5-14H2,1-4H3. The van der Waals surface area contributed by atoms with Crippen LogP contribution in [0.3, 0.4) is 0 Å². The number of likely N-dealkylation sites (tertiary alicyclic amines) is 1. The number of rotatable bonds is 5. The number of nitrogens with zero attached hydrogens (tertiary/aromatic N) is 1. The van der Waals surface area contributed by atoms with E-state index < -0.39 is 5.60 Å². The molecule has 5 heteroatoms. The normalized spacial score (nSPS) is 24.7. The van der Waals surface area contributed by atoms with E-state index in [9.17, 15) is 4.79 Å². The zero-order valence-corrected chi connectivity index (χ0v) is 16.1. The molecule has 0 bridgehead atoms. The molecule has 1 heterocycles. The van der Waals surface area contributed by atoms with Crippen LogP contribution in [0.15, 0.2) is 0 Å². The average molecular weight is 343 g/mol. The van der Waals surface area contributed by atoms with Crippen LogP contribution in [-0.4, -0.2) is 53.3 Å². The highest BCUT2D eigenvalue weighted by Gasteiger charge is 2.34. The van der Waals surface area contributed by atoms with Gasteiger partial charge < -0.3 is 15.0 Å². The molecule has 1 atom stereocenters. The van der Waals surface area contributed by atoms with Crippen molar-refractivity contribution >= 4 is 17.9 Å². The van der Waals surface area contributed by atoms with Gasteiger partial charge in [0, 0.05) is 30.4 Å². The van der Waals surface area contributed by atoms with Crippen LogP contribution in [0.4, 0.5) is 4.79 Å². The van der Waals surface area contributed by atoms with Crippen molar-refractivity contribution in [2.24, 2.45) is 0 Å². The van der Waals surface area contributed by atoms with E-state index in [0.29, 0.717) is 4.75 Å². The summed E-state index contributed by atoms with van der Waals surface area (Å²) in [5.41, 5.74) is -0.417. The van der Waals surface area contributed by atoms with Gasteiger partial charge in [-0.3, -0.25) is 0 Å². The lowest BCUT2D eigenvalue weighted by Gasteiger charge is -2.37. The van der Waals surface area contributed by atoms with Gasteiger partial charge in [0.1, 0.15) is 5.60 Å². The first-order valence-corrected chi connectivity index (χ1v) is 10.3. The predicted octanol–water partition coefficient (Wildman–Crippen LogP) is 4.04. The van der Waals surface area contributed by atoms with Gasteiger partial charge in [-0.25, -0.2) is 4.79 Å². The van der Waals surface area contributed by atoms with Crippen molar-refractivity contribution in [1.29, 1.82) is 0 Å². The summed E-state index contributed by atoms with van der Waals surface area (Å²) in [5.74, 6) is 0. The fraction of sp³-hybridized carbons (Fsp3) is 0.944. The Kier molecular flexibility index (Phi) is 6.66. The molecule has 0 aromatic rings. The number of ether oxygens (including phenoxy) is 1. The molecule has 2 fully saturated rings. The van der Waals surface area contributed by atoms with Crippen molar-refractivity contribution in [3.63, 3.8) is 0 Å². The van der Waals surface area contributed by atoms with E-state index in [1.54, 1.807) is 0 Å². The number of carbonyl (C=O) groups excluding carboxylic acids is 1. The molecule has 1 amide bonds. The largest absolute Gasteiger partial charge is 0.444 e. The van der Waals surface area contributed by atoms with Gasteiger partial charge in [-0.2, -0.15) is 11.8 Å². The molecule has 1 unspecified atom stereocenters. The molecule has 0 aromatic heterocycles.